The van der Waals surface area contributed by atoms with Gasteiger partial charge in [0.1, 0.15) is 0 Å². The molecule has 1 atom stereocenters. The Morgan fingerprint density at radius 3 is 2.73 bits per heavy atom. The van der Waals surface area contributed by atoms with E-state index in [2.05, 4.69) is 5.32 Å². The fraction of sp³-hybridized carbons (Fsp3) is 0.800. The molecule has 0 radical (unpaired) electrons. The van der Waals surface area contributed by atoms with Crippen molar-refractivity contribution in [2.75, 3.05) is 11.5 Å². The Morgan fingerprint density at radius 1 is 1.60 bits per heavy atom. The van der Waals surface area contributed by atoms with Crippen LogP contribution in [0.1, 0.15) is 26.2 Å². The van der Waals surface area contributed by atoms with Crippen molar-refractivity contribution in [2.24, 2.45) is 11.7 Å². The van der Waals surface area contributed by atoms with Gasteiger partial charge in [-0.1, -0.05) is 12.2 Å². The zero-order chi connectivity index (χ0) is 11.3. The zero-order valence-electron chi connectivity index (χ0n) is 8.99. The lowest BCUT2D eigenvalue weighted by atomic mass is 9.98. The van der Waals surface area contributed by atoms with Crippen LogP contribution in [-0.4, -0.2) is 28.4 Å². The minimum absolute atomic E-state index is 0.0761. The summed E-state index contributed by atoms with van der Waals surface area (Å²) in [6.07, 6.45) is 2.92. The molecule has 0 aromatic carbocycles. The van der Waals surface area contributed by atoms with Gasteiger partial charge in [0.15, 0.2) is 0 Å². The molecule has 1 unspecified atom stereocenters. The van der Waals surface area contributed by atoms with Crippen LogP contribution in [0.15, 0.2) is 0 Å². The lowest BCUT2D eigenvalue weighted by Gasteiger charge is -2.21. The van der Waals surface area contributed by atoms with Crippen molar-refractivity contribution in [3.63, 3.8) is 0 Å². The van der Waals surface area contributed by atoms with Gasteiger partial charge in [-0.3, -0.25) is 4.79 Å². The maximum Gasteiger partial charge on any atom is 0.220 e. The molecule has 1 aliphatic heterocycles. The van der Waals surface area contributed by atoms with Crippen LogP contribution in [0.2, 0.25) is 0 Å². The van der Waals surface area contributed by atoms with E-state index in [1.165, 1.54) is 11.5 Å². The maximum absolute atomic E-state index is 11.6. The van der Waals surface area contributed by atoms with E-state index in [4.69, 9.17) is 18.0 Å². The molecule has 5 heteroatoms. The zero-order valence-corrected chi connectivity index (χ0v) is 10.6. The molecule has 15 heavy (non-hydrogen) atoms. The summed E-state index contributed by atoms with van der Waals surface area (Å²) in [5.41, 5.74) is 5.43. The van der Waals surface area contributed by atoms with Crippen molar-refractivity contribution in [1.82, 2.24) is 5.32 Å². The van der Waals surface area contributed by atoms with Crippen molar-refractivity contribution in [3.05, 3.63) is 0 Å². The van der Waals surface area contributed by atoms with Crippen molar-refractivity contribution >= 4 is 34.9 Å². The Balaban J connectivity index is 2.25. The number of hydrogen-bond acceptors (Lipinski definition) is 3. The molecule has 1 heterocycles. The van der Waals surface area contributed by atoms with Crippen LogP contribution in [-0.2, 0) is 4.79 Å². The fourth-order valence-corrected chi connectivity index (χ4v) is 2.85. The lowest BCUT2D eigenvalue weighted by molar-refractivity contribution is -0.122. The smallest absolute Gasteiger partial charge is 0.220 e. The van der Waals surface area contributed by atoms with E-state index in [0.717, 1.165) is 12.8 Å². The molecular formula is C10H18N2OS2. The van der Waals surface area contributed by atoms with Crippen molar-refractivity contribution in [2.45, 2.75) is 32.2 Å². The Morgan fingerprint density at radius 2 is 2.20 bits per heavy atom. The Kier molecular flexibility index (Phi) is 5.39. The third-order valence-electron chi connectivity index (χ3n) is 2.62. The van der Waals surface area contributed by atoms with Gasteiger partial charge in [0, 0.05) is 6.42 Å². The summed E-state index contributed by atoms with van der Waals surface area (Å²) >= 11 is 6.77. The van der Waals surface area contributed by atoms with Crippen LogP contribution in [0.3, 0.4) is 0 Å². The molecular weight excluding hydrogens is 228 g/mol. The number of thiocarbonyl (C=S) groups is 1. The first kappa shape index (κ1) is 12.8. The molecule has 0 aliphatic carbocycles. The summed E-state index contributed by atoms with van der Waals surface area (Å²) in [6.45, 7) is 1.82. The molecule has 3 nitrogen and oxygen atoms in total. The summed E-state index contributed by atoms with van der Waals surface area (Å²) in [5.74, 6) is 2.99. The van der Waals surface area contributed by atoms with E-state index in [1.54, 1.807) is 0 Å². The van der Waals surface area contributed by atoms with E-state index in [-0.39, 0.29) is 11.9 Å². The number of nitrogens with two attached hydrogens (primary N) is 1. The van der Waals surface area contributed by atoms with E-state index in [1.807, 2.05) is 18.7 Å². The predicted molar refractivity (Wildman–Crippen MR) is 69.1 cm³/mol. The molecule has 1 saturated heterocycles. The van der Waals surface area contributed by atoms with Crippen molar-refractivity contribution in [1.29, 1.82) is 0 Å². The molecule has 1 rings (SSSR count). The normalized spacial score (nSPS) is 19.5. The van der Waals surface area contributed by atoms with E-state index in [0.29, 0.717) is 17.3 Å². The second-order valence-corrected chi connectivity index (χ2v) is 5.65. The molecule has 1 fully saturated rings. The fourth-order valence-electron chi connectivity index (χ4n) is 1.58. The van der Waals surface area contributed by atoms with Gasteiger partial charge in [-0.05, 0) is 37.2 Å². The third-order valence-corrected chi connectivity index (χ3v) is 4.02. The van der Waals surface area contributed by atoms with E-state index >= 15 is 0 Å². The Labute approximate surface area is 101 Å². The molecule has 3 N–H and O–H groups in total. The summed E-state index contributed by atoms with van der Waals surface area (Å²) < 4.78 is 0. The van der Waals surface area contributed by atoms with Gasteiger partial charge in [-0.25, -0.2) is 0 Å². The Bertz CT molecular complexity index is 240. The molecule has 0 aromatic heterocycles. The van der Waals surface area contributed by atoms with Gasteiger partial charge in [-0.15, -0.1) is 0 Å². The average molecular weight is 246 g/mol. The highest BCUT2D eigenvalue weighted by atomic mass is 32.2. The van der Waals surface area contributed by atoms with Crippen LogP contribution in [0.25, 0.3) is 0 Å². The van der Waals surface area contributed by atoms with Gasteiger partial charge in [0.05, 0.1) is 11.0 Å². The minimum Gasteiger partial charge on any atom is -0.392 e. The first-order valence-corrected chi connectivity index (χ1v) is 6.82. The second kappa shape index (κ2) is 6.33. The number of carbonyl (C=O) groups is 1. The standard InChI is InChI=1S/C10H18N2OS2/c1-7(10(11)14)12-9(13)6-8-2-4-15-5-3-8/h7-8H,2-6H2,1H3,(H2,11,14)(H,12,13). The van der Waals surface area contributed by atoms with Gasteiger partial charge in [0.25, 0.3) is 0 Å². The highest BCUT2D eigenvalue weighted by Gasteiger charge is 2.18. The molecule has 0 aromatic rings. The highest BCUT2D eigenvalue weighted by molar-refractivity contribution is 7.99. The van der Waals surface area contributed by atoms with Crippen LogP contribution in [0.4, 0.5) is 0 Å². The summed E-state index contributed by atoms with van der Waals surface area (Å²) in [7, 11) is 0. The average Bonchev–Trinajstić information content (AvgIpc) is 2.18. The van der Waals surface area contributed by atoms with Crippen molar-refractivity contribution in [3.8, 4) is 0 Å². The number of hydrogen-bond donors (Lipinski definition) is 2. The molecule has 86 valence electrons. The van der Waals surface area contributed by atoms with E-state index in [9.17, 15) is 4.79 Å². The summed E-state index contributed by atoms with van der Waals surface area (Å²) in [4.78, 5) is 11.9. The van der Waals surface area contributed by atoms with Gasteiger partial charge < -0.3 is 11.1 Å². The predicted octanol–water partition coefficient (Wildman–Crippen LogP) is 1.31. The van der Waals surface area contributed by atoms with Crippen LogP contribution >= 0.6 is 24.0 Å². The molecule has 0 saturated carbocycles. The second-order valence-electron chi connectivity index (χ2n) is 3.95. The molecule has 1 aliphatic rings. The van der Waals surface area contributed by atoms with Crippen LogP contribution < -0.4 is 11.1 Å². The van der Waals surface area contributed by atoms with Gasteiger partial charge in [0.2, 0.25) is 5.91 Å². The van der Waals surface area contributed by atoms with Gasteiger partial charge in [-0.2, -0.15) is 11.8 Å². The topological polar surface area (TPSA) is 55.1 Å². The van der Waals surface area contributed by atoms with Crippen molar-refractivity contribution < 1.29 is 4.79 Å². The SMILES string of the molecule is CC(NC(=O)CC1CCSCC1)C(N)=S. The third kappa shape index (κ3) is 4.84. The van der Waals surface area contributed by atoms with Crippen LogP contribution in [0.5, 0.6) is 0 Å². The highest BCUT2D eigenvalue weighted by Crippen LogP contribution is 2.25. The largest absolute Gasteiger partial charge is 0.392 e. The first-order valence-electron chi connectivity index (χ1n) is 5.26. The first-order chi connectivity index (χ1) is 7.09. The quantitative estimate of drug-likeness (QED) is 0.734. The van der Waals surface area contributed by atoms with Crippen LogP contribution in [0, 0.1) is 5.92 Å². The molecule has 1 amide bonds. The monoisotopic (exact) mass is 246 g/mol. The number of thioether (sulfide) groups is 1. The number of amides is 1. The summed E-state index contributed by atoms with van der Waals surface area (Å²) in [5, 5.41) is 2.81. The maximum atomic E-state index is 11.6. The minimum atomic E-state index is -0.189. The summed E-state index contributed by atoms with van der Waals surface area (Å²) in [6, 6.07) is -0.189. The molecule has 0 spiro atoms. The number of carbonyl (C=O) groups excluding carboxylic acids is 1. The number of nitrogens with one attached hydrogen (secondary N) is 1. The molecule has 0 bridgehead atoms. The van der Waals surface area contributed by atoms with Gasteiger partial charge >= 0.3 is 0 Å². The van der Waals surface area contributed by atoms with E-state index < -0.39 is 0 Å². The Hall–Kier alpha value is -0.290. The lowest BCUT2D eigenvalue weighted by Crippen LogP contribution is -2.41. The number of rotatable bonds is 4.